The highest BCUT2D eigenvalue weighted by atomic mass is 35.5. The first-order valence-electron chi connectivity index (χ1n) is 5.24. The topological polar surface area (TPSA) is 26.0 Å². The molecule has 3 heteroatoms. The van der Waals surface area contributed by atoms with Crippen LogP contribution in [0.3, 0.4) is 0 Å². The van der Waals surface area contributed by atoms with Gasteiger partial charge in [-0.1, -0.05) is 24.9 Å². The zero-order chi connectivity index (χ0) is 11.4. The zero-order valence-corrected chi connectivity index (χ0v) is 9.89. The summed E-state index contributed by atoms with van der Waals surface area (Å²) in [5, 5.41) is 0.575. The second-order valence-corrected chi connectivity index (χ2v) is 4.40. The molecule has 0 heterocycles. The van der Waals surface area contributed by atoms with Gasteiger partial charge in [0.2, 0.25) is 0 Å². The molecular formula is C12H17ClFN. The lowest BCUT2D eigenvalue weighted by molar-refractivity contribution is 0.420. The molecule has 1 aromatic rings. The number of rotatable bonds is 4. The quantitative estimate of drug-likeness (QED) is 0.842. The lowest BCUT2D eigenvalue weighted by atomic mass is 9.91. The van der Waals surface area contributed by atoms with Crippen molar-refractivity contribution in [3.8, 4) is 0 Å². The molecule has 0 saturated carbocycles. The highest BCUT2D eigenvalue weighted by Gasteiger charge is 2.14. The molecule has 0 aliphatic carbocycles. The van der Waals surface area contributed by atoms with Gasteiger partial charge in [-0.3, -0.25) is 0 Å². The predicted octanol–water partition coefficient (Wildman–Crippen LogP) is 3.40. The Bertz CT molecular complexity index is 325. The van der Waals surface area contributed by atoms with Gasteiger partial charge in [0.15, 0.2) is 0 Å². The lowest BCUT2D eigenvalue weighted by Gasteiger charge is -2.19. The summed E-state index contributed by atoms with van der Waals surface area (Å²) >= 11 is 5.83. The number of benzene rings is 1. The van der Waals surface area contributed by atoms with E-state index in [1.165, 1.54) is 6.07 Å². The van der Waals surface area contributed by atoms with Gasteiger partial charge in [-0.2, -0.15) is 0 Å². The van der Waals surface area contributed by atoms with Crippen molar-refractivity contribution in [3.63, 3.8) is 0 Å². The Morgan fingerprint density at radius 2 is 2.13 bits per heavy atom. The Morgan fingerprint density at radius 3 is 2.67 bits per heavy atom. The van der Waals surface area contributed by atoms with E-state index in [4.69, 9.17) is 17.3 Å². The van der Waals surface area contributed by atoms with E-state index in [1.807, 2.05) is 6.92 Å². The average molecular weight is 230 g/mol. The third-order valence-corrected chi connectivity index (χ3v) is 2.99. The van der Waals surface area contributed by atoms with Crippen LogP contribution in [-0.2, 0) is 6.42 Å². The van der Waals surface area contributed by atoms with Crippen LogP contribution in [-0.4, -0.2) is 6.04 Å². The van der Waals surface area contributed by atoms with Crippen molar-refractivity contribution in [1.82, 2.24) is 0 Å². The SMILES string of the molecule is CCC(Cc1cc(Cl)ccc1F)C(C)N. The van der Waals surface area contributed by atoms with E-state index in [1.54, 1.807) is 12.1 Å². The maximum Gasteiger partial charge on any atom is 0.126 e. The monoisotopic (exact) mass is 229 g/mol. The van der Waals surface area contributed by atoms with E-state index in [0.29, 0.717) is 22.9 Å². The summed E-state index contributed by atoms with van der Waals surface area (Å²) in [4.78, 5) is 0. The third-order valence-electron chi connectivity index (χ3n) is 2.76. The average Bonchev–Trinajstić information content (AvgIpc) is 2.18. The largest absolute Gasteiger partial charge is 0.328 e. The minimum atomic E-state index is -0.196. The van der Waals surface area contributed by atoms with Crippen LogP contribution in [0.1, 0.15) is 25.8 Å². The van der Waals surface area contributed by atoms with Crippen LogP contribution >= 0.6 is 11.6 Å². The van der Waals surface area contributed by atoms with E-state index in [2.05, 4.69) is 6.92 Å². The third kappa shape index (κ3) is 3.47. The van der Waals surface area contributed by atoms with E-state index in [9.17, 15) is 4.39 Å². The molecule has 0 amide bonds. The Balaban J connectivity index is 2.82. The fourth-order valence-electron chi connectivity index (χ4n) is 1.68. The lowest BCUT2D eigenvalue weighted by Crippen LogP contribution is -2.27. The normalized spacial score (nSPS) is 15.0. The molecule has 1 nitrogen and oxygen atoms in total. The summed E-state index contributed by atoms with van der Waals surface area (Å²) in [6, 6.07) is 4.73. The van der Waals surface area contributed by atoms with Crippen LogP contribution < -0.4 is 5.73 Å². The van der Waals surface area contributed by atoms with Crippen molar-refractivity contribution in [2.24, 2.45) is 11.7 Å². The van der Waals surface area contributed by atoms with Crippen LogP contribution in [0.5, 0.6) is 0 Å². The summed E-state index contributed by atoms with van der Waals surface area (Å²) in [5.41, 5.74) is 6.49. The van der Waals surface area contributed by atoms with Gasteiger partial charge in [0.25, 0.3) is 0 Å². The summed E-state index contributed by atoms with van der Waals surface area (Å²) in [5.74, 6) is 0.108. The molecule has 0 aliphatic rings. The first-order chi connectivity index (χ1) is 7.04. The van der Waals surface area contributed by atoms with E-state index >= 15 is 0 Å². The minimum Gasteiger partial charge on any atom is -0.328 e. The summed E-state index contributed by atoms with van der Waals surface area (Å²) in [6.45, 7) is 4.02. The second-order valence-electron chi connectivity index (χ2n) is 3.97. The highest BCUT2D eigenvalue weighted by molar-refractivity contribution is 6.30. The fourth-order valence-corrected chi connectivity index (χ4v) is 1.88. The molecule has 0 spiro atoms. The molecule has 15 heavy (non-hydrogen) atoms. The number of halogens is 2. The molecule has 0 radical (unpaired) electrons. The van der Waals surface area contributed by atoms with Crippen molar-refractivity contribution in [2.45, 2.75) is 32.7 Å². The molecule has 2 N–H and O–H groups in total. The van der Waals surface area contributed by atoms with Gasteiger partial charge in [0.1, 0.15) is 5.82 Å². The molecular weight excluding hydrogens is 213 g/mol. The van der Waals surface area contributed by atoms with Gasteiger partial charge < -0.3 is 5.73 Å². The molecule has 1 rings (SSSR count). The molecule has 0 aliphatic heterocycles. The predicted molar refractivity (Wildman–Crippen MR) is 62.5 cm³/mol. The van der Waals surface area contributed by atoms with Gasteiger partial charge in [-0.25, -0.2) is 4.39 Å². The van der Waals surface area contributed by atoms with Crippen molar-refractivity contribution in [2.75, 3.05) is 0 Å². The van der Waals surface area contributed by atoms with Gasteiger partial charge in [-0.15, -0.1) is 0 Å². The van der Waals surface area contributed by atoms with Crippen molar-refractivity contribution in [3.05, 3.63) is 34.6 Å². The molecule has 2 atom stereocenters. The van der Waals surface area contributed by atoms with Gasteiger partial charge >= 0.3 is 0 Å². The Labute approximate surface area is 95.4 Å². The van der Waals surface area contributed by atoms with Crippen molar-refractivity contribution >= 4 is 11.6 Å². The molecule has 0 bridgehead atoms. The fraction of sp³-hybridized carbons (Fsp3) is 0.500. The van der Waals surface area contributed by atoms with Crippen LogP contribution in [0.15, 0.2) is 18.2 Å². The Morgan fingerprint density at radius 1 is 1.47 bits per heavy atom. The number of nitrogens with two attached hydrogens (primary N) is 1. The summed E-state index contributed by atoms with van der Waals surface area (Å²) < 4.78 is 13.4. The summed E-state index contributed by atoms with van der Waals surface area (Å²) in [6.07, 6.45) is 1.60. The van der Waals surface area contributed by atoms with Crippen LogP contribution in [0.4, 0.5) is 4.39 Å². The Hall–Kier alpha value is -0.600. The van der Waals surface area contributed by atoms with Crippen LogP contribution in [0, 0.1) is 11.7 Å². The van der Waals surface area contributed by atoms with E-state index < -0.39 is 0 Å². The molecule has 1 aromatic carbocycles. The maximum absolute atomic E-state index is 13.4. The summed E-state index contributed by atoms with van der Waals surface area (Å²) in [7, 11) is 0. The standard InChI is InChI=1S/C12H17ClFN/c1-3-9(8(2)15)6-10-7-11(13)4-5-12(10)14/h4-5,7-9H,3,6,15H2,1-2H3. The number of hydrogen-bond acceptors (Lipinski definition) is 1. The minimum absolute atomic E-state index is 0.0772. The first-order valence-corrected chi connectivity index (χ1v) is 5.62. The molecule has 84 valence electrons. The molecule has 0 aromatic heterocycles. The first kappa shape index (κ1) is 12.5. The second kappa shape index (κ2) is 5.47. The number of hydrogen-bond donors (Lipinski definition) is 1. The van der Waals surface area contributed by atoms with Gasteiger partial charge in [-0.05, 0) is 43.0 Å². The van der Waals surface area contributed by atoms with Crippen molar-refractivity contribution < 1.29 is 4.39 Å². The van der Waals surface area contributed by atoms with E-state index in [-0.39, 0.29) is 11.9 Å². The molecule has 2 unspecified atom stereocenters. The smallest absolute Gasteiger partial charge is 0.126 e. The van der Waals surface area contributed by atoms with Crippen LogP contribution in [0.2, 0.25) is 5.02 Å². The van der Waals surface area contributed by atoms with E-state index in [0.717, 1.165) is 6.42 Å². The van der Waals surface area contributed by atoms with Crippen LogP contribution in [0.25, 0.3) is 0 Å². The van der Waals surface area contributed by atoms with Gasteiger partial charge in [0, 0.05) is 11.1 Å². The van der Waals surface area contributed by atoms with Crippen molar-refractivity contribution in [1.29, 1.82) is 0 Å². The highest BCUT2D eigenvalue weighted by Crippen LogP contribution is 2.20. The maximum atomic E-state index is 13.4. The molecule has 0 saturated heterocycles. The molecule has 0 fully saturated rings. The Kier molecular flexibility index (Phi) is 4.55. The zero-order valence-electron chi connectivity index (χ0n) is 9.13. The van der Waals surface area contributed by atoms with Gasteiger partial charge in [0.05, 0.1) is 0 Å².